The third-order valence-corrected chi connectivity index (χ3v) is 3.37. The third kappa shape index (κ3) is 3.33. The monoisotopic (exact) mass is 286 g/mol. The summed E-state index contributed by atoms with van der Waals surface area (Å²) < 4.78 is 3.41. The van der Waals surface area contributed by atoms with Crippen LogP contribution in [-0.4, -0.2) is 20.7 Å². The topological polar surface area (TPSA) is 44.2 Å². The molecule has 0 aliphatic rings. The number of hydrogen-bond acceptors (Lipinski definition) is 2. The Morgan fingerprint density at radius 1 is 1.33 bits per heavy atom. The van der Waals surface area contributed by atoms with Gasteiger partial charge in [0.15, 0.2) is 5.65 Å². The molecule has 0 aliphatic carbocycles. The average molecular weight is 286 g/mol. The van der Waals surface area contributed by atoms with E-state index in [1.807, 2.05) is 12.1 Å². The molecular weight excluding hydrogens is 264 g/mol. The highest BCUT2D eigenvalue weighted by Gasteiger charge is 2.18. The van der Waals surface area contributed by atoms with Gasteiger partial charge in [0, 0.05) is 25.7 Å². The number of pyridine rings is 1. The van der Waals surface area contributed by atoms with Crippen molar-refractivity contribution < 1.29 is 0 Å². The molecule has 2 heterocycles. The molecule has 0 bridgehead atoms. The summed E-state index contributed by atoms with van der Waals surface area (Å²) >= 11 is 0. The molecule has 0 saturated carbocycles. The third-order valence-electron chi connectivity index (χ3n) is 3.37. The summed E-state index contributed by atoms with van der Waals surface area (Å²) in [6.07, 6.45) is 1.58. The summed E-state index contributed by atoms with van der Waals surface area (Å²) in [7, 11) is 1.76. The number of rotatable bonds is 4. The van der Waals surface area contributed by atoms with E-state index in [9.17, 15) is 4.79 Å². The van der Waals surface area contributed by atoms with Gasteiger partial charge < -0.3 is 4.85 Å². The van der Waals surface area contributed by atoms with Crippen LogP contribution in [0.3, 0.4) is 0 Å². The lowest BCUT2D eigenvalue weighted by atomic mass is 9.97. The lowest BCUT2D eigenvalue weighted by Gasteiger charge is -2.18. The van der Waals surface area contributed by atoms with Crippen LogP contribution in [0.4, 0.5) is 0 Å². The van der Waals surface area contributed by atoms with E-state index < -0.39 is 0 Å². The van der Waals surface area contributed by atoms with Crippen molar-refractivity contribution in [3.63, 3.8) is 0 Å². The number of nitrogens with zero attached hydrogens (tertiary/aromatic N) is 4. The fourth-order valence-corrected chi connectivity index (χ4v) is 2.42. The van der Waals surface area contributed by atoms with Crippen molar-refractivity contribution in [1.29, 1.82) is 0 Å². The van der Waals surface area contributed by atoms with Gasteiger partial charge in [0.05, 0.1) is 5.52 Å². The molecule has 0 unspecified atom stereocenters. The molecule has 5 heteroatoms. The van der Waals surface area contributed by atoms with Gasteiger partial charge in [0.25, 0.3) is 0 Å². The van der Waals surface area contributed by atoms with E-state index >= 15 is 0 Å². The van der Waals surface area contributed by atoms with Gasteiger partial charge in [-0.2, -0.15) is 0 Å². The maximum Gasteiger partial charge on any atom is 0.330 e. The van der Waals surface area contributed by atoms with E-state index in [1.54, 1.807) is 16.2 Å². The Labute approximate surface area is 125 Å². The second-order valence-electron chi connectivity index (χ2n) is 6.62. The molecule has 0 aromatic carbocycles. The van der Waals surface area contributed by atoms with Gasteiger partial charge in [-0.25, -0.2) is 16.4 Å². The molecular formula is C16H22N4O. The molecule has 0 N–H and O–H groups in total. The van der Waals surface area contributed by atoms with E-state index in [0.717, 1.165) is 29.7 Å². The first-order valence-electron chi connectivity index (χ1n) is 7.22. The van der Waals surface area contributed by atoms with Gasteiger partial charge in [-0.15, -0.1) is 0 Å². The van der Waals surface area contributed by atoms with E-state index in [2.05, 4.69) is 30.6 Å². The molecule has 0 radical (unpaired) electrons. The average Bonchev–Trinajstić information content (AvgIpc) is 2.63. The summed E-state index contributed by atoms with van der Waals surface area (Å²) in [5, 5.41) is 0. The van der Waals surface area contributed by atoms with Gasteiger partial charge in [-0.3, -0.25) is 9.13 Å². The van der Waals surface area contributed by atoms with Gasteiger partial charge in [0.2, 0.25) is 6.54 Å². The van der Waals surface area contributed by atoms with Crippen molar-refractivity contribution in [1.82, 2.24) is 14.1 Å². The van der Waals surface area contributed by atoms with Crippen LogP contribution >= 0.6 is 0 Å². The predicted molar refractivity (Wildman–Crippen MR) is 84.2 cm³/mol. The normalized spacial score (nSPS) is 11.8. The molecule has 0 saturated heterocycles. The lowest BCUT2D eigenvalue weighted by molar-refractivity contribution is 0.342. The Morgan fingerprint density at radius 2 is 2.05 bits per heavy atom. The predicted octanol–water partition coefficient (Wildman–Crippen LogP) is 2.63. The zero-order chi connectivity index (χ0) is 15.6. The zero-order valence-electron chi connectivity index (χ0n) is 13.2. The summed E-state index contributed by atoms with van der Waals surface area (Å²) in [6.45, 7) is 14.3. The van der Waals surface area contributed by atoms with Crippen molar-refractivity contribution >= 4 is 11.2 Å². The zero-order valence-corrected chi connectivity index (χ0v) is 13.2. The summed E-state index contributed by atoms with van der Waals surface area (Å²) in [4.78, 5) is 20.3. The maximum atomic E-state index is 12.4. The first kappa shape index (κ1) is 15.3. The molecule has 21 heavy (non-hydrogen) atoms. The van der Waals surface area contributed by atoms with Crippen molar-refractivity contribution in [3.8, 4) is 0 Å². The lowest BCUT2D eigenvalue weighted by Crippen LogP contribution is -2.27. The smallest absolute Gasteiger partial charge is 0.317 e. The first-order valence-corrected chi connectivity index (χ1v) is 7.22. The van der Waals surface area contributed by atoms with E-state index in [1.165, 1.54) is 0 Å². The Kier molecular flexibility index (Phi) is 4.17. The van der Waals surface area contributed by atoms with Crippen LogP contribution in [0.25, 0.3) is 16.0 Å². The molecule has 2 rings (SSSR count). The highest BCUT2D eigenvalue weighted by atomic mass is 16.1. The summed E-state index contributed by atoms with van der Waals surface area (Å²) in [6, 6.07) is 3.94. The molecule has 5 nitrogen and oxygen atoms in total. The highest BCUT2D eigenvalue weighted by molar-refractivity contribution is 5.71. The van der Waals surface area contributed by atoms with Crippen LogP contribution in [0.15, 0.2) is 16.9 Å². The fraction of sp³-hybridized carbons (Fsp3) is 0.562. The molecule has 0 amide bonds. The van der Waals surface area contributed by atoms with E-state index in [0.29, 0.717) is 13.1 Å². The second-order valence-corrected chi connectivity index (χ2v) is 6.62. The first-order chi connectivity index (χ1) is 9.83. The fourth-order valence-electron chi connectivity index (χ4n) is 2.42. The molecule has 2 aromatic heterocycles. The minimum absolute atomic E-state index is 0.0225. The van der Waals surface area contributed by atoms with Crippen LogP contribution in [0.1, 0.15) is 32.9 Å². The van der Waals surface area contributed by atoms with E-state index in [-0.39, 0.29) is 11.1 Å². The maximum absolute atomic E-state index is 12.4. The molecule has 0 atom stereocenters. The van der Waals surface area contributed by atoms with Gasteiger partial charge in [-0.1, -0.05) is 20.8 Å². The quantitative estimate of drug-likeness (QED) is 0.640. The molecule has 2 aromatic rings. The largest absolute Gasteiger partial charge is 0.330 e. The number of aromatic nitrogens is 3. The number of fused-ring (bicyclic) bond motifs is 1. The Balaban J connectivity index is 2.43. The number of imidazole rings is 1. The minimum Gasteiger partial charge on any atom is -0.317 e. The van der Waals surface area contributed by atoms with Crippen molar-refractivity contribution in [2.24, 2.45) is 12.5 Å². The number of aryl methyl sites for hydroxylation is 2. The van der Waals surface area contributed by atoms with Gasteiger partial charge in [-0.05, 0) is 24.0 Å². The van der Waals surface area contributed by atoms with Crippen LogP contribution in [0, 0.1) is 12.0 Å². The molecule has 0 aliphatic heterocycles. The summed E-state index contributed by atoms with van der Waals surface area (Å²) in [5.41, 5.74) is 2.56. The van der Waals surface area contributed by atoms with Crippen LogP contribution in [0.5, 0.6) is 0 Å². The van der Waals surface area contributed by atoms with Crippen molar-refractivity contribution in [2.75, 3.05) is 6.54 Å². The second kappa shape index (κ2) is 5.72. The Bertz CT molecular complexity index is 740. The minimum atomic E-state index is -0.0225. The van der Waals surface area contributed by atoms with Crippen LogP contribution < -0.4 is 5.69 Å². The van der Waals surface area contributed by atoms with E-state index in [4.69, 9.17) is 6.57 Å². The van der Waals surface area contributed by atoms with Crippen LogP contribution in [-0.2, 0) is 20.0 Å². The van der Waals surface area contributed by atoms with Gasteiger partial charge >= 0.3 is 5.69 Å². The van der Waals surface area contributed by atoms with Crippen molar-refractivity contribution in [2.45, 2.75) is 40.2 Å². The SMILES string of the molecule is [C-]#[N+]CCCc1ccc2c(n1)n(C)c(=O)n2CC(C)(C)C. The highest BCUT2D eigenvalue weighted by Crippen LogP contribution is 2.19. The number of hydrogen-bond donors (Lipinski definition) is 0. The van der Waals surface area contributed by atoms with Crippen LogP contribution in [0.2, 0.25) is 0 Å². The molecule has 0 fully saturated rings. The molecule has 0 spiro atoms. The Morgan fingerprint density at radius 3 is 2.67 bits per heavy atom. The standard InChI is InChI=1S/C16H22N4O/c1-16(2,3)11-20-13-9-8-12(7-6-10-17-4)18-14(13)19(5)15(20)21/h8-9H,6-7,10-11H2,1-3,5H3. The molecule has 112 valence electrons. The Hall–Kier alpha value is -2.09. The summed E-state index contributed by atoms with van der Waals surface area (Å²) in [5.74, 6) is 0. The van der Waals surface area contributed by atoms with Crippen molar-refractivity contribution in [3.05, 3.63) is 39.7 Å². The van der Waals surface area contributed by atoms with Gasteiger partial charge in [0.1, 0.15) is 0 Å².